The fourth-order valence-electron chi connectivity index (χ4n) is 1.55. The Morgan fingerprint density at radius 2 is 2.28 bits per heavy atom. The molecule has 0 aliphatic heterocycles. The average molecular weight is 315 g/mol. The molecule has 1 amide bonds. The first kappa shape index (κ1) is 15.0. The Morgan fingerprint density at radius 3 is 2.89 bits per heavy atom. The summed E-state index contributed by atoms with van der Waals surface area (Å²) in [6, 6.07) is 5.59. The second-order valence-electron chi connectivity index (χ2n) is 4.02. The van der Waals surface area contributed by atoms with Gasteiger partial charge in [0.15, 0.2) is 0 Å². The van der Waals surface area contributed by atoms with E-state index in [0.29, 0.717) is 19.6 Å². The molecule has 0 aliphatic rings. The lowest BCUT2D eigenvalue weighted by atomic mass is 10.1. The molecular formula is C13H19BrN2O2. The first-order chi connectivity index (χ1) is 8.54. The molecule has 18 heavy (non-hydrogen) atoms. The van der Waals surface area contributed by atoms with Crippen LogP contribution in [0, 0.1) is 0 Å². The molecule has 0 saturated heterocycles. The third kappa shape index (κ3) is 4.66. The van der Waals surface area contributed by atoms with Gasteiger partial charge in [-0.15, -0.1) is 0 Å². The van der Waals surface area contributed by atoms with Crippen LogP contribution >= 0.6 is 15.9 Å². The van der Waals surface area contributed by atoms with E-state index in [1.807, 2.05) is 32.0 Å². The van der Waals surface area contributed by atoms with Gasteiger partial charge < -0.3 is 15.8 Å². The number of nitrogens with one attached hydrogen (secondary N) is 1. The van der Waals surface area contributed by atoms with E-state index >= 15 is 0 Å². The van der Waals surface area contributed by atoms with Crippen molar-refractivity contribution in [3.05, 3.63) is 28.2 Å². The third-order valence-electron chi connectivity index (χ3n) is 2.42. The fourth-order valence-corrected chi connectivity index (χ4v) is 1.92. The maximum absolute atomic E-state index is 11.3. The molecule has 100 valence electrons. The first-order valence-electron chi connectivity index (χ1n) is 5.99. The second-order valence-corrected chi connectivity index (χ2v) is 4.94. The maximum Gasteiger partial charge on any atom is 0.223 e. The van der Waals surface area contributed by atoms with Crippen LogP contribution in [-0.2, 0) is 4.79 Å². The minimum Gasteiger partial charge on any atom is -0.493 e. The van der Waals surface area contributed by atoms with E-state index in [2.05, 4.69) is 21.2 Å². The lowest BCUT2D eigenvalue weighted by Crippen LogP contribution is -2.24. The van der Waals surface area contributed by atoms with Crippen molar-refractivity contribution in [1.82, 2.24) is 5.32 Å². The van der Waals surface area contributed by atoms with Gasteiger partial charge in [0.1, 0.15) is 5.75 Å². The van der Waals surface area contributed by atoms with Crippen molar-refractivity contribution in [2.45, 2.75) is 26.3 Å². The average Bonchev–Trinajstić information content (AvgIpc) is 2.31. The molecule has 0 fully saturated rings. The molecular weight excluding hydrogens is 296 g/mol. The minimum absolute atomic E-state index is 0.00282. The number of carbonyl (C=O) groups is 1. The van der Waals surface area contributed by atoms with Gasteiger partial charge in [-0.05, 0) is 32.0 Å². The van der Waals surface area contributed by atoms with Gasteiger partial charge in [-0.25, -0.2) is 0 Å². The molecule has 3 N–H and O–H groups in total. The molecule has 0 radical (unpaired) electrons. The molecule has 0 spiro atoms. The van der Waals surface area contributed by atoms with E-state index in [1.165, 1.54) is 0 Å². The van der Waals surface area contributed by atoms with Crippen LogP contribution in [0.2, 0.25) is 0 Å². The van der Waals surface area contributed by atoms with Crippen LogP contribution in [0.5, 0.6) is 5.75 Å². The lowest BCUT2D eigenvalue weighted by molar-refractivity contribution is -0.121. The minimum atomic E-state index is -0.109. The molecule has 1 atom stereocenters. The van der Waals surface area contributed by atoms with Gasteiger partial charge in [0.05, 0.1) is 13.0 Å². The second kappa shape index (κ2) is 7.38. The summed E-state index contributed by atoms with van der Waals surface area (Å²) in [5.41, 5.74) is 6.81. The largest absolute Gasteiger partial charge is 0.493 e. The van der Waals surface area contributed by atoms with E-state index in [4.69, 9.17) is 10.5 Å². The van der Waals surface area contributed by atoms with Crippen LogP contribution < -0.4 is 15.8 Å². The number of hydrogen-bond donors (Lipinski definition) is 2. The van der Waals surface area contributed by atoms with E-state index in [1.54, 1.807) is 0 Å². The summed E-state index contributed by atoms with van der Waals surface area (Å²) < 4.78 is 6.57. The van der Waals surface area contributed by atoms with Gasteiger partial charge in [0.2, 0.25) is 5.91 Å². The van der Waals surface area contributed by atoms with E-state index in [9.17, 15) is 4.79 Å². The number of nitrogens with two attached hydrogens (primary N) is 1. The molecule has 0 unspecified atom stereocenters. The summed E-state index contributed by atoms with van der Waals surface area (Å²) in [7, 11) is 0. The zero-order valence-corrected chi connectivity index (χ0v) is 12.3. The van der Waals surface area contributed by atoms with Crippen molar-refractivity contribution < 1.29 is 9.53 Å². The molecule has 0 heterocycles. The SMILES string of the molecule is CCNC(=O)CCOc1ccc(Br)cc1[C@@H](C)N. The quantitative estimate of drug-likeness (QED) is 0.847. The van der Waals surface area contributed by atoms with Crippen molar-refractivity contribution in [3.8, 4) is 5.75 Å². The van der Waals surface area contributed by atoms with E-state index in [0.717, 1.165) is 15.8 Å². The van der Waals surface area contributed by atoms with Crippen molar-refractivity contribution in [2.75, 3.05) is 13.2 Å². The number of ether oxygens (including phenoxy) is 1. The summed E-state index contributed by atoms with van der Waals surface area (Å²) in [6.45, 7) is 4.79. The summed E-state index contributed by atoms with van der Waals surface area (Å²) in [6.07, 6.45) is 0.350. The van der Waals surface area contributed by atoms with Crippen molar-refractivity contribution >= 4 is 21.8 Å². The predicted molar refractivity (Wildman–Crippen MR) is 75.5 cm³/mol. The van der Waals surface area contributed by atoms with Gasteiger partial charge in [-0.1, -0.05) is 15.9 Å². The Morgan fingerprint density at radius 1 is 1.56 bits per heavy atom. The number of benzene rings is 1. The van der Waals surface area contributed by atoms with Gasteiger partial charge in [0, 0.05) is 22.6 Å². The molecule has 5 heteroatoms. The number of amides is 1. The van der Waals surface area contributed by atoms with Crippen LogP contribution in [0.4, 0.5) is 0 Å². The zero-order valence-electron chi connectivity index (χ0n) is 10.7. The standard InChI is InChI=1S/C13H19BrN2O2/c1-3-16-13(17)6-7-18-12-5-4-10(14)8-11(12)9(2)15/h4-5,8-9H,3,6-7,15H2,1-2H3,(H,16,17)/t9-/m1/s1. The van der Waals surface area contributed by atoms with E-state index in [-0.39, 0.29) is 11.9 Å². The topological polar surface area (TPSA) is 64.3 Å². The highest BCUT2D eigenvalue weighted by Crippen LogP contribution is 2.27. The maximum atomic E-state index is 11.3. The van der Waals surface area contributed by atoms with Gasteiger partial charge >= 0.3 is 0 Å². The van der Waals surface area contributed by atoms with Gasteiger partial charge in [-0.3, -0.25) is 4.79 Å². The normalized spacial score (nSPS) is 12.0. The number of carbonyl (C=O) groups excluding carboxylic acids is 1. The monoisotopic (exact) mass is 314 g/mol. The molecule has 1 aromatic carbocycles. The molecule has 0 aliphatic carbocycles. The molecule has 0 saturated carbocycles. The van der Waals surface area contributed by atoms with Crippen LogP contribution in [0.15, 0.2) is 22.7 Å². The Kier molecular flexibility index (Phi) is 6.15. The van der Waals surface area contributed by atoms with Gasteiger partial charge in [0.25, 0.3) is 0 Å². The molecule has 0 bridgehead atoms. The summed E-state index contributed by atoms with van der Waals surface area (Å²) in [5, 5.41) is 2.73. The Balaban J connectivity index is 2.59. The van der Waals surface area contributed by atoms with Crippen molar-refractivity contribution in [2.24, 2.45) is 5.73 Å². The van der Waals surface area contributed by atoms with Crippen molar-refractivity contribution in [3.63, 3.8) is 0 Å². The Hall–Kier alpha value is -1.07. The third-order valence-corrected chi connectivity index (χ3v) is 2.92. The predicted octanol–water partition coefficient (Wildman–Crippen LogP) is 2.37. The van der Waals surface area contributed by atoms with E-state index < -0.39 is 0 Å². The highest BCUT2D eigenvalue weighted by atomic mass is 79.9. The highest BCUT2D eigenvalue weighted by Gasteiger charge is 2.09. The molecule has 1 rings (SSSR count). The molecule has 0 aromatic heterocycles. The lowest BCUT2D eigenvalue weighted by Gasteiger charge is -2.14. The summed E-state index contributed by atoms with van der Waals surface area (Å²) in [5.74, 6) is 0.731. The smallest absolute Gasteiger partial charge is 0.223 e. The Labute approximate surface area is 116 Å². The number of halogens is 1. The Bertz CT molecular complexity index is 408. The first-order valence-corrected chi connectivity index (χ1v) is 6.78. The van der Waals surface area contributed by atoms with Crippen LogP contribution in [0.25, 0.3) is 0 Å². The summed E-state index contributed by atoms with van der Waals surface area (Å²) in [4.78, 5) is 11.3. The van der Waals surface area contributed by atoms with Crippen molar-refractivity contribution in [1.29, 1.82) is 0 Å². The van der Waals surface area contributed by atoms with Crippen LogP contribution in [0.1, 0.15) is 31.9 Å². The summed E-state index contributed by atoms with van der Waals surface area (Å²) >= 11 is 3.40. The van der Waals surface area contributed by atoms with Crippen LogP contribution in [-0.4, -0.2) is 19.1 Å². The number of rotatable bonds is 6. The zero-order chi connectivity index (χ0) is 13.5. The molecule has 4 nitrogen and oxygen atoms in total. The molecule has 1 aromatic rings. The number of hydrogen-bond acceptors (Lipinski definition) is 3. The highest BCUT2D eigenvalue weighted by molar-refractivity contribution is 9.10. The fraction of sp³-hybridized carbons (Fsp3) is 0.462. The van der Waals surface area contributed by atoms with Crippen LogP contribution in [0.3, 0.4) is 0 Å². The van der Waals surface area contributed by atoms with Gasteiger partial charge in [-0.2, -0.15) is 0 Å².